The van der Waals surface area contributed by atoms with E-state index >= 15 is 0 Å². The van der Waals surface area contributed by atoms with Gasteiger partial charge in [0.2, 0.25) is 8.32 Å². The van der Waals surface area contributed by atoms with Gasteiger partial charge in [0.25, 0.3) is 0 Å². The van der Waals surface area contributed by atoms with Crippen LogP contribution in [0.15, 0.2) is 18.2 Å². The zero-order chi connectivity index (χ0) is 16.5. The summed E-state index contributed by atoms with van der Waals surface area (Å²) >= 11 is 0. The van der Waals surface area contributed by atoms with Crippen molar-refractivity contribution in [2.75, 3.05) is 0 Å². The van der Waals surface area contributed by atoms with Gasteiger partial charge in [0.15, 0.2) is 0 Å². The zero-order valence-corrected chi connectivity index (χ0v) is 15.7. The van der Waals surface area contributed by atoms with Crippen molar-refractivity contribution >= 4 is 14.3 Å². The molecule has 2 rings (SSSR count). The third-order valence-corrected chi connectivity index (χ3v) is 9.02. The first kappa shape index (κ1) is 17.1. The summed E-state index contributed by atoms with van der Waals surface area (Å²) in [4.78, 5) is 11.0. The molecule has 0 radical (unpaired) electrons. The summed E-state index contributed by atoms with van der Waals surface area (Å²) in [5.74, 6) is 1.33. The third kappa shape index (κ3) is 4.35. The number of hydrogen-bond donors (Lipinski definition) is 0. The van der Waals surface area contributed by atoms with Gasteiger partial charge < -0.3 is 9.16 Å². The second-order valence-electron chi connectivity index (χ2n) is 7.83. The Kier molecular flexibility index (Phi) is 4.71. The van der Waals surface area contributed by atoms with E-state index in [2.05, 4.69) is 46.0 Å². The van der Waals surface area contributed by atoms with Crippen LogP contribution in [0.5, 0.6) is 5.75 Å². The van der Waals surface area contributed by atoms with Crippen LogP contribution in [0.1, 0.15) is 57.6 Å². The molecule has 0 heterocycles. The molecule has 122 valence electrons. The highest BCUT2D eigenvalue weighted by Gasteiger charge is 2.39. The number of carbonyl (C=O) groups excluding carboxylic acids is 1. The fourth-order valence-electron chi connectivity index (χ4n) is 2.11. The van der Waals surface area contributed by atoms with E-state index in [0.717, 1.165) is 11.3 Å². The van der Waals surface area contributed by atoms with Crippen LogP contribution < -0.4 is 4.43 Å². The lowest BCUT2D eigenvalue weighted by atomic mass is 10.1. The first-order valence-electron chi connectivity index (χ1n) is 8.05. The highest BCUT2D eigenvalue weighted by Crippen LogP contribution is 2.43. The lowest BCUT2D eigenvalue weighted by molar-refractivity contribution is -0.142. The smallest absolute Gasteiger partial charge is 0.302 e. The van der Waals surface area contributed by atoms with Crippen molar-refractivity contribution in [3.8, 4) is 5.75 Å². The van der Waals surface area contributed by atoms with Gasteiger partial charge in [-0.15, -0.1) is 0 Å². The molecular formula is C18H28O3Si. The predicted octanol–water partition coefficient (Wildman–Crippen LogP) is 5.01. The first-order valence-corrected chi connectivity index (χ1v) is 11.0. The maximum Gasteiger partial charge on any atom is 0.302 e. The topological polar surface area (TPSA) is 35.5 Å². The van der Waals surface area contributed by atoms with Crippen LogP contribution in [0.2, 0.25) is 18.1 Å². The number of benzene rings is 1. The Bertz CT molecular complexity index is 554. The molecule has 0 aromatic heterocycles. The molecule has 0 aliphatic heterocycles. The van der Waals surface area contributed by atoms with Gasteiger partial charge in [0, 0.05) is 6.92 Å². The highest BCUT2D eigenvalue weighted by atomic mass is 28.4. The fourth-order valence-corrected chi connectivity index (χ4v) is 3.13. The number of carbonyl (C=O) groups is 1. The van der Waals surface area contributed by atoms with Crippen LogP contribution in [-0.2, 0) is 16.1 Å². The van der Waals surface area contributed by atoms with E-state index < -0.39 is 8.32 Å². The molecule has 4 heteroatoms. The Morgan fingerprint density at radius 2 is 1.86 bits per heavy atom. The molecular weight excluding hydrogens is 292 g/mol. The van der Waals surface area contributed by atoms with E-state index in [1.807, 2.05) is 6.07 Å². The van der Waals surface area contributed by atoms with Crippen LogP contribution >= 0.6 is 0 Å². The van der Waals surface area contributed by atoms with Crippen LogP contribution in [0.4, 0.5) is 0 Å². The Morgan fingerprint density at radius 1 is 1.23 bits per heavy atom. The summed E-state index contributed by atoms with van der Waals surface area (Å²) < 4.78 is 11.6. The van der Waals surface area contributed by atoms with Crippen LogP contribution in [-0.4, -0.2) is 14.3 Å². The normalized spacial score (nSPS) is 15.5. The first-order chi connectivity index (χ1) is 10.1. The van der Waals surface area contributed by atoms with Crippen molar-refractivity contribution in [1.29, 1.82) is 0 Å². The molecule has 22 heavy (non-hydrogen) atoms. The Morgan fingerprint density at radius 3 is 2.36 bits per heavy atom. The predicted molar refractivity (Wildman–Crippen MR) is 91.7 cm³/mol. The minimum atomic E-state index is -1.86. The summed E-state index contributed by atoms with van der Waals surface area (Å²) in [5.41, 5.74) is 2.34. The number of hydrogen-bond acceptors (Lipinski definition) is 3. The van der Waals surface area contributed by atoms with Gasteiger partial charge in [-0.1, -0.05) is 26.8 Å². The average Bonchev–Trinajstić information content (AvgIpc) is 3.18. The molecule has 0 bridgehead atoms. The maximum absolute atomic E-state index is 11.0. The summed E-state index contributed by atoms with van der Waals surface area (Å²) in [5, 5.41) is 0.165. The molecule has 0 saturated heterocycles. The van der Waals surface area contributed by atoms with Gasteiger partial charge in [-0.2, -0.15) is 0 Å². The number of ether oxygens (including phenoxy) is 1. The number of esters is 1. The van der Waals surface area contributed by atoms with Crippen molar-refractivity contribution in [3.63, 3.8) is 0 Å². The largest absolute Gasteiger partial charge is 0.543 e. The molecule has 0 amide bonds. The van der Waals surface area contributed by atoms with Crippen molar-refractivity contribution in [3.05, 3.63) is 29.3 Å². The van der Waals surface area contributed by atoms with E-state index in [0.29, 0.717) is 12.5 Å². The van der Waals surface area contributed by atoms with E-state index in [9.17, 15) is 4.79 Å². The van der Waals surface area contributed by atoms with E-state index in [4.69, 9.17) is 9.16 Å². The standard InChI is InChI=1S/C18H28O3Si/c1-13(19)20-12-14-9-16(15-7-8-15)11-17(10-14)21-22(5,6)18(2,3)4/h9-11,15H,7-8,12H2,1-6H3. The molecule has 0 N–H and O–H groups in total. The lowest BCUT2D eigenvalue weighted by Crippen LogP contribution is -2.43. The number of rotatable bonds is 5. The second-order valence-corrected chi connectivity index (χ2v) is 12.6. The second kappa shape index (κ2) is 6.07. The van der Waals surface area contributed by atoms with Gasteiger partial charge in [-0.3, -0.25) is 4.79 Å². The summed E-state index contributed by atoms with van der Waals surface area (Å²) in [6.07, 6.45) is 2.49. The molecule has 1 aliphatic rings. The zero-order valence-electron chi connectivity index (χ0n) is 14.7. The highest BCUT2D eigenvalue weighted by molar-refractivity contribution is 6.74. The van der Waals surface area contributed by atoms with Crippen LogP contribution in [0.25, 0.3) is 0 Å². The molecule has 1 fully saturated rings. The minimum absolute atomic E-state index is 0.165. The average molecular weight is 321 g/mol. The quantitative estimate of drug-likeness (QED) is 0.565. The van der Waals surface area contributed by atoms with Crippen molar-refractivity contribution in [2.24, 2.45) is 0 Å². The molecule has 1 aromatic carbocycles. The molecule has 1 aliphatic carbocycles. The van der Waals surface area contributed by atoms with Crippen molar-refractivity contribution in [2.45, 2.75) is 71.2 Å². The Labute approximate surface area is 135 Å². The van der Waals surface area contributed by atoms with E-state index in [-0.39, 0.29) is 11.0 Å². The lowest BCUT2D eigenvalue weighted by Gasteiger charge is -2.36. The van der Waals surface area contributed by atoms with Gasteiger partial charge in [-0.25, -0.2) is 0 Å². The molecule has 0 unspecified atom stereocenters. The summed E-state index contributed by atoms with van der Waals surface area (Å²) in [7, 11) is -1.86. The Hall–Kier alpha value is -1.29. The van der Waals surface area contributed by atoms with Crippen LogP contribution in [0.3, 0.4) is 0 Å². The molecule has 3 nitrogen and oxygen atoms in total. The van der Waals surface area contributed by atoms with Crippen LogP contribution in [0, 0.1) is 0 Å². The van der Waals surface area contributed by atoms with Gasteiger partial charge in [-0.05, 0) is 60.2 Å². The SMILES string of the molecule is CC(=O)OCc1cc(O[Si](C)(C)C(C)(C)C)cc(C2CC2)c1. The third-order valence-electron chi connectivity index (χ3n) is 4.66. The monoisotopic (exact) mass is 320 g/mol. The molecule has 0 spiro atoms. The van der Waals surface area contributed by atoms with Crippen molar-refractivity contribution < 1.29 is 14.0 Å². The van der Waals surface area contributed by atoms with Crippen molar-refractivity contribution in [1.82, 2.24) is 0 Å². The molecule has 1 aromatic rings. The van der Waals surface area contributed by atoms with E-state index in [1.54, 1.807) is 0 Å². The van der Waals surface area contributed by atoms with Gasteiger partial charge in [0.1, 0.15) is 12.4 Å². The summed E-state index contributed by atoms with van der Waals surface area (Å²) in [6, 6.07) is 6.35. The van der Waals surface area contributed by atoms with Gasteiger partial charge in [0.05, 0.1) is 0 Å². The maximum atomic E-state index is 11.0. The van der Waals surface area contributed by atoms with Gasteiger partial charge >= 0.3 is 5.97 Å². The Balaban J connectivity index is 2.24. The summed E-state index contributed by atoms with van der Waals surface area (Å²) in [6.45, 7) is 13.0. The minimum Gasteiger partial charge on any atom is -0.543 e. The molecule has 0 atom stereocenters. The fraction of sp³-hybridized carbons (Fsp3) is 0.611. The van der Waals surface area contributed by atoms with E-state index in [1.165, 1.54) is 25.3 Å². The molecule has 1 saturated carbocycles.